The van der Waals surface area contributed by atoms with Gasteiger partial charge < -0.3 is 10.6 Å². The number of rotatable bonds is 3. The summed E-state index contributed by atoms with van der Waals surface area (Å²) in [5, 5.41) is 0. The predicted octanol–water partition coefficient (Wildman–Crippen LogP) is 0.0891. The summed E-state index contributed by atoms with van der Waals surface area (Å²) in [6.07, 6.45) is 0. The smallest absolute Gasteiger partial charge is 0.243 e. The third-order valence-corrected chi connectivity index (χ3v) is 5.29. The van der Waals surface area contributed by atoms with E-state index in [-0.39, 0.29) is 17.5 Å². The van der Waals surface area contributed by atoms with E-state index in [1.807, 2.05) is 11.9 Å². The maximum Gasteiger partial charge on any atom is 0.243 e. The Balaban J connectivity index is 2.30. The fourth-order valence-electron chi connectivity index (χ4n) is 2.24. The third kappa shape index (κ3) is 2.94. The van der Waals surface area contributed by atoms with Crippen molar-refractivity contribution in [3.8, 4) is 0 Å². The van der Waals surface area contributed by atoms with E-state index in [1.54, 1.807) is 0 Å². The molecule has 1 fully saturated rings. The first-order valence-electron chi connectivity index (χ1n) is 6.11. The van der Waals surface area contributed by atoms with E-state index in [1.165, 1.54) is 16.4 Å². The normalized spacial score (nSPS) is 22.6. The van der Waals surface area contributed by atoms with E-state index >= 15 is 0 Å². The van der Waals surface area contributed by atoms with Gasteiger partial charge in [0.2, 0.25) is 10.0 Å². The van der Waals surface area contributed by atoms with Gasteiger partial charge in [0.1, 0.15) is 5.82 Å². The second-order valence-electron chi connectivity index (χ2n) is 4.72. The van der Waals surface area contributed by atoms with Gasteiger partial charge in [-0.15, -0.1) is 0 Å². The number of nitrogens with zero attached hydrogens (tertiary/aromatic N) is 2. The Morgan fingerprint density at radius 1 is 1.32 bits per heavy atom. The highest BCUT2D eigenvalue weighted by atomic mass is 32.2. The van der Waals surface area contributed by atoms with Gasteiger partial charge >= 0.3 is 0 Å². The van der Waals surface area contributed by atoms with Crippen LogP contribution >= 0.6 is 0 Å². The van der Waals surface area contributed by atoms with E-state index in [9.17, 15) is 12.8 Å². The van der Waals surface area contributed by atoms with Crippen molar-refractivity contribution in [3.05, 3.63) is 30.1 Å². The van der Waals surface area contributed by atoms with Crippen molar-refractivity contribution in [2.45, 2.75) is 10.9 Å². The van der Waals surface area contributed by atoms with Crippen LogP contribution in [-0.2, 0) is 10.0 Å². The lowest BCUT2D eigenvalue weighted by molar-refractivity contribution is 0.164. The lowest BCUT2D eigenvalue weighted by Gasteiger charge is -2.38. The molecule has 1 aromatic rings. The molecule has 1 aliphatic heterocycles. The van der Waals surface area contributed by atoms with Gasteiger partial charge in [-0.1, -0.05) is 0 Å². The SMILES string of the molecule is CN1CCN(S(=O)(=O)c2ccc(F)cc2)C(CN)C1. The Labute approximate surface area is 112 Å². The highest BCUT2D eigenvalue weighted by Crippen LogP contribution is 2.20. The molecule has 2 N–H and O–H groups in total. The summed E-state index contributed by atoms with van der Waals surface area (Å²) in [6, 6.07) is 4.64. The standard InChI is InChI=1S/C12H18FN3O2S/c1-15-6-7-16(11(8-14)9-15)19(17,18)12-4-2-10(13)3-5-12/h2-5,11H,6-9,14H2,1H3. The average Bonchev–Trinajstić information content (AvgIpc) is 2.38. The van der Waals surface area contributed by atoms with E-state index < -0.39 is 15.8 Å². The summed E-state index contributed by atoms with van der Waals surface area (Å²) in [5.74, 6) is -0.451. The topological polar surface area (TPSA) is 66.6 Å². The molecule has 2 rings (SSSR count). The van der Waals surface area contributed by atoms with Crippen molar-refractivity contribution in [2.24, 2.45) is 5.73 Å². The fraction of sp³-hybridized carbons (Fsp3) is 0.500. The average molecular weight is 287 g/mol. The van der Waals surface area contributed by atoms with Crippen molar-refractivity contribution in [1.82, 2.24) is 9.21 Å². The van der Waals surface area contributed by atoms with E-state index in [0.717, 1.165) is 12.1 Å². The minimum Gasteiger partial charge on any atom is -0.329 e. The van der Waals surface area contributed by atoms with Crippen LogP contribution in [0.25, 0.3) is 0 Å². The summed E-state index contributed by atoms with van der Waals surface area (Å²) < 4.78 is 39.3. The van der Waals surface area contributed by atoms with Gasteiger partial charge in [0.05, 0.1) is 10.9 Å². The molecule has 7 heteroatoms. The summed E-state index contributed by atoms with van der Waals surface area (Å²) in [7, 11) is -1.67. The maximum atomic E-state index is 12.9. The first-order chi connectivity index (χ1) is 8.95. The van der Waals surface area contributed by atoms with Gasteiger partial charge in [-0.25, -0.2) is 12.8 Å². The highest BCUT2D eigenvalue weighted by Gasteiger charge is 2.34. The van der Waals surface area contributed by atoms with Gasteiger partial charge in [-0.2, -0.15) is 4.31 Å². The summed E-state index contributed by atoms with van der Waals surface area (Å²) in [5.41, 5.74) is 5.66. The molecule has 0 aliphatic carbocycles. The van der Waals surface area contributed by atoms with Crippen LogP contribution in [0.4, 0.5) is 4.39 Å². The molecular formula is C12H18FN3O2S. The molecule has 0 bridgehead atoms. The number of benzene rings is 1. The fourth-order valence-corrected chi connectivity index (χ4v) is 3.86. The second kappa shape index (κ2) is 5.54. The van der Waals surface area contributed by atoms with Crippen LogP contribution in [0.1, 0.15) is 0 Å². The van der Waals surface area contributed by atoms with Crippen LogP contribution in [0.15, 0.2) is 29.2 Å². The molecule has 1 atom stereocenters. The molecule has 0 aromatic heterocycles. The highest BCUT2D eigenvalue weighted by molar-refractivity contribution is 7.89. The van der Waals surface area contributed by atoms with Gasteiger partial charge in [0, 0.05) is 26.2 Å². The molecule has 5 nitrogen and oxygen atoms in total. The van der Waals surface area contributed by atoms with Crippen molar-refractivity contribution < 1.29 is 12.8 Å². The molecule has 106 valence electrons. The molecule has 1 saturated heterocycles. The summed E-state index contributed by atoms with van der Waals surface area (Å²) in [4.78, 5) is 2.16. The molecule has 0 amide bonds. The zero-order chi connectivity index (χ0) is 14.0. The number of piperazine rings is 1. The largest absolute Gasteiger partial charge is 0.329 e. The number of sulfonamides is 1. The van der Waals surface area contributed by atoms with Crippen LogP contribution in [-0.4, -0.2) is 56.9 Å². The second-order valence-corrected chi connectivity index (χ2v) is 6.61. The van der Waals surface area contributed by atoms with Gasteiger partial charge in [0.15, 0.2) is 0 Å². The molecule has 1 aromatic carbocycles. The number of hydrogen-bond acceptors (Lipinski definition) is 4. The first-order valence-corrected chi connectivity index (χ1v) is 7.55. The molecule has 1 aliphatic rings. The van der Waals surface area contributed by atoms with Gasteiger partial charge in [-0.05, 0) is 31.3 Å². The van der Waals surface area contributed by atoms with E-state index in [2.05, 4.69) is 0 Å². The Kier molecular flexibility index (Phi) is 4.19. The van der Waals surface area contributed by atoms with Crippen molar-refractivity contribution in [3.63, 3.8) is 0 Å². The Bertz CT molecular complexity index is 532. The Morgan fingerprint density at radius 2 is 1.95 bits per heavy atom. The summed E-state index contributed by atoms with van der Waals surface area (Å²) in [6.45, 7) is 1.94. The molecule has 0 spiro atoms. The zero-order valence-electron chi connectivity index (χ0n) is 10.8. The van der Waals surface area contributed by atoms with E-state index in [0.29, 0.717) is 19.6 Å². The molecule has 1 unspecified atom stereocenters. The number of nitrogens with two attached hydrogens (primary N) is 1. The number of hydrogen-bond donors (Lipinski definition) is 1. The lowest BCUT2D eigenvalue weighted by Crippen LogP contribution is -2.56. The van der Waals surface area contributed by atoms with Crippen molar-refractivity contribution in [1.29, 1.82) is 0 Å². The Hall–Kier alpha value is -1.02. The van der Waals surface area contributed by atoms with Gasteiger partial charge in [-0.3, -0.25) is 0 Å². The molecule has 1 heterocycles. The zero-order valence-corrected chi connectivity index (χ0v) is 11.6. The molecule has 19 heavy (non-hydrogen) atoms. The van der Waals surface area contributed by atoms with Crippen LogP contribution in [0.3, 0.4) is 0 Å². The molecule has 0 radical (unpaired) electrons. The first kappa shape index (κ1) is 14.4. The monoisotopic (exact) mass is 287 g/mol. The summed E-state index contributed by atoms with van der Waals surface area (Å²) >= 11 is 0. The number of halogens is 1. The van der Waals surface area contributed by atoms with Crippen molar-refractivity contribution in [2.75, 3.05) is 33.2 Å². The van der Waals surface area contributed by atoms with Gasteiger partial charge in [0.25, 0.3) is 0 Å². The van der Waals surface area contributed by atoms with Crippen LogP contribution in [0.2, 0.25) is 0 Å². The number of likely N-dealkylation sites (N-methyl/N-ethyl adjacent to an activating group) is 1. The van der Waals surface area contributed by atoms with Crippen molar-refractivity contribution >= 4 is 10.0 Å². The quantitative estimate of drug-likeness (QED) is 0.855. The van der Waals surface area contributed by atoms with Crippen LogP contribution in [0.5, 0.6) is 0 Å². The minimum absolute atomic E-state index is 0.108. The predicted molar refractivity (Wildman–Crippen MR) is 70.6 cm³/mol. The van der Waals surface area contributed by atoms with E-state index in [4.69, 9.17) is 5.73 Å². The van der Waals surface area contributed by atoms with Crippen LogP contribution < -0.4 is 5.73 Å². The molecular weight excluding hydrogens is 269 g/mol. The Morgan fingerprint density at radius 3 is 2.53 bits per heavy atom. The minimum atomic E-state index is -3.60. The third-order valence-electron chi connectivity index (χ3n) is 3.32. The van der Waals surface area contributed by atoms with Crippen LogP contribution in [0, 0.1) is 5.82 Å². The lowest BCUT2D eigenvalue weighted by atomic mass is 10.2. The molecule has 0 saturated carbocycles. The maximum absolute atomic E-state index is 12.9.